The van der Waals surface area contributed by atoms with Crippen LogP contribution in [0.15, 0.2) is 29.4 Å². The molecule has 1 aromatic rings. The number of nitrogens with zero attached hydrogens (tertiary/aromatic N) is 2. The number of carbonyl (C=O) groups excluding carboxylic acids is 1. The molecule has 0 aromatic heterocycles. The van der Waals surface area contributed by atoms with E-state index in [1.165, 1.54) is 11.1 Å². The molecule has 0 saturated carbocycles. The Morgan fingerprint density at radius 2 is 2.10 bits per heavy atom. The third-order valence-corrected chi connectivity index (χ3v) is 3.39. The highest BCUT2D eigenvalue weighted by Crippen LogP contribution is 2.10. The second-order valence-electron chi connectivity index (χ2n) is 5.51. The van der Waals surface area contributed by atoms with Gasteiger partial charge in [-0.25, -0.2) is 0 Å². The Kier molecular flexibility index (Phi) is 6.72. The maximum absolute atomic E-state index is 12.3. The van der Waals surface area contributed by atoms with Crippen LogP contribution in [0.5, 0.6) is 0 Å². The number of carbonyl (C=O) groups is 1. The second-order valence-corrected chi connectivity index (χ2v) is 5.51. The van der Waals surface area contributed by atoms with Crippen molar-refractivity contribution in [2.45, 2.75) is 46.1 Å². The predicted molar refractivity (Wildman–Crippen MR) is 84.4 cm³/mol. The molecule has 0 aliphatic carbocycles. The lowest BCUT2D eigenvalue weighted by atomic mass is 10.1. The van der Waals surface area contributed by atoms with Crippen molar-refractivity contribution < 1.29 is 10.0 Å². The van der Waals surface area contributed by atoms with Crippen LogP contribution < -0.4 is 5.73 Å². The third kappa shape index (κ3) is 5.85. The van der Waals surface area contributed by atoms with Crippen molar-refractivity contribution >= 4 is 11.7 Å². The maximum Gasteiger partial charge on any atom is 0.223 e. The first-order chi connectivity index (χ1) is 9.93. The number of aryl methyl sites for hydroxylation is 2. The molecule has 0 aliphatic rings. The normalized spacial score (nSPS) is 11.7. The molecule has 0 fully saturated rings. The molecule has 5 heteroatoms. The maximum atomic E-state index is 12.3. The fraction of sp³-hybridized carbons (Fsp3) is 0.500. The molecule has 0 bridgehead atoms. The predicted octanol–water partition coefficient (Wildman–Crippen LogP) is 2.30. The number of benzene rings is 1. The minimum atomic E-state index is 0.0947. The molecule has 0 radical (unpaired) electrons. The van der Waals surface area contributed by atoms with E-state index in [4.69, 9.17) is 10.9 Å². The van der Waals surface area contributed by atoms with E-state index >= 15 is 0 Å². The van der Waals surface area contributed by atoms with Crippen molar-refractivity contribution in [1.29, 1.82) is 0 Å². The molecule has 0 saturated heterocycles. The van der Waals surface area contributed by atoms with Gasteiger partial charge in [0.05, 0.1) is 0 Å². The lowest BCUT2D eigenvalue weighted by Gasteiger charge is -2.26. The lowest BCUT2D eigenvalue weighted by Crippen LogP contribution is -2.39. The molecule has 3 N–H and O–H groups in total. The summed E-state index contributed by atoms with van der Waals surface area (Å²) in [5, 5.41) is 11.5. The van der Waals surface area contributed by atoms with Crippen LogP contribution in [0.25, 0.3) is 0 Å². The number of hydrogen-bond acceptors (Lipinski definition) is 3. The topological polar surface area (TPSA) is 78.9 Å². The number of amides is 1. The third-order valence-electron chi connectivity index (χ3n) is 3.39. The molecule has 0 atom stereocenters. The summed E-state index contributed by atoms with van der Waals surface area (Å²) in [6.07, 6.45) is 1.58. The summed E-state index contributed by atoms with van der Waals surface area (Å²) in [5.74, 6) is 0.240. The van der Waals surface area contributed by atoms with Gasteiger partial charge in [-0.3, -0.25) is 4.79 Å². The van der Waals surface area contributed by atoms with Gasteiger partial charge in [0.2, 0.25) is 5.91 Å². The standard InChI is InChI=1S/C16H25N3O2/c1-12(2)19(10-9-15(17)18-21)16(20)8-7-14-6-4-5-13(3)11-14/h4-6,11-12,21H,7-10H2,1-3H3,(H2,17,18). The average molecular weight is 291 g/mol. The van der Waals surface area contributed by atoms with Gasteiger partial charge >= 0.3 is 0 Å². The quantitative estimate of drug-likeness (QED) is 0.350. The van der Waals surface area contributed by atoms with E-state index in [1.54, 1.807) is 4.90 Å². The van der Waals surface area contributed by atoms with Crippen LogP contribution in [0.4, 0.5) is 0 Å². The smallest absolute Gasteiger partial charge is 0.223 e. The van der Waals surface area contributed by atoms with E-state index in [1.807, 2.05) is 39.0 Å². The molecule has 1 amide bonds. The Morgan fingerprint density at radius 1 is 1.38 bits per heavy atom. The molecule has 0 aliphatic heterocycles. The zero-order chi connectivity index (χ0) is 15.8. The molecular weight excluding hydrogens is 266 g/mol. The fourth-order valence-electron chi connectivity index (χ4n) is 2.22. The van der Waals surface area contributed by atoms with Gasteiger partial charge in [-0.2, -0.15) is 0 Å². The van der Waals surface area contributed by atoms with Crippen molar-refractivity contribution in [2.75, 3.05) is 6.54 Å². The van der Waals surface area contributed by atoms with Gasteiger partial charge in [-0.1, -0.05) is 35.0 Å². The molecular formula is C16H25N3O2. The van der Waals surface area contributed by atoms with Crippen LogP contribution >= 0.6 is 0 Å². The summed E-state index contributed by atoms with van der Waals surface area (Å²) >= 11 is 0. The molecule has 1 aromatic carbocycles. The van der Waals surface area contributed by atoms with Gasteiger partial charge in [0, 0.05) is 25.4 Å². The van der Waals surface area contributed by atoms with Crippen LogP contribution in [0.1, 0.15) is 37.8 Å². The van der Waals surface area contributed by atoms with Gasteiger partial charge in [-0.05, 0) is 32.8 Å². The fourth-order valence-corrected chi connectivity index (χ4v) is 2.22. The highest BCUT2D eigenvalue weighted by molar-refractivity contribution is 5.81. The largest absolute Gasteiger partial charge is 0.409 e. The van der Waals surface area contributed by atoms with E-state index in [0.717, 1.165) is 6.42 Å². The monoisotopic (exact) mass is 291 g/mol. The number of hydrogen-bond donors (Lipinski definition) is 2. The van der Waals surface area contributed by atoms with E-state index in [-0.39, 0.29) is 17.8 Å². The Hall–Kier alpha value is -2.04. The Morgan fingerprint density at radius 3 is 2.67 bits per heavy atom. The van der Waals surface area contributed by atoms with Crippen molar-refractivity contribution in [2.24, 2.45) is 10.9 Å². The van der Waals surface area contributed by atoms with Crippen molar-refractivity contribution in [3.05, 3.63) is 35.4 Å². The number of nitrogens with two attached hydrogens (primary N) is 1. The molecule has 0 unspecified atom stereocenters. The first-order valence-electron chi connectivity index (χ1n) is 7.25. The van der Waals surface area contributed by atoms with Crippen molar-refractivity contribution in [3.63, 3.8) is 0 Å². The first-order valence-corrected chi connectivity index (χ1v) is 7.25. The molecule has 0 heterocycles. The highest BCUT2D eigenvalue weighted by atomic mass is 16.4. The van der Waals surface area contributed by atoms with Crippen molar-refractivity contribution in [1.82, 2.24) is 4.90 Å². The van der Waals surface area contributed by atoms with Crippen molar-refractivity contribution in [3.8, 4) is 0 Å². The van der Waals surface area contributed by atoms with Crippen LogP contribution in [0, 0.1) is 6.92 Å². The summed E-state index contributed by atoms with van der Waals surface area (Å²) in [4.78, 5) is 14.1. The molecule has 116 valence electrons. The summed E-state index contributed by atoms with van der Waals surface area (Å²) < 4.78 is 0. The number of oxime groups is 1. The molecule has 1 rings (SSSR count). The lowest BCUT2D eigenvalue weighted by molar-refractivity contribution is -0.132. The minimum absolute atomic E-state index is 0.0947. The molecule has 21 heavy (non-hydrogen) atoms. The summed E-state index contributed by atoms with van der Waals surface area (Å²) in [6.45, 7) is 6.46. The van der Waals surface area contributed by atoms with Gasteiger partial charge in [0.25, 0.3) is 0 Å². The van der Waals surface area contributed by atoms with E-state index < -0.39 is 0 Å². The van der Waals surface area contributed by atoms with Gasteiger partial charge < -0.3 is 15.8 Å². The highest BCUT2D eigenvalue weighted by Gasteiger charge is 2.17. The van der Waals surface area contributed by atoms with Gasteiger partial charge in [0.15, 0.2) is 0 Å². The number of amidine groups is 1. The van der Waals surface area contributed by atoms with Crippen LogP contribution in [0.2, 0.25) is 0 Å². The molecule has 0 spiro atoms. The first kappa shape index (κ1) is 17.0. The number of rotatable bonds is 7. The van der Waals surface area contributed by atoms with Crippen LogP contribution in [-0.2, 0) is 11.2 Å². The zero-order valence-corrected chi connectivity index (χ0v) is 13.0. The summed E-state index contributed by atoms with van der Waals surface area (Å²) in [6, 6.07) is 8.29. The SMILES string of the molecule is Cc1cccc(CCC(=O)N(CCC(N)=NO)C(C)C)c1. The molecule has 5 nitrogen and oxygen atoms in total. The van der Waals surface area contributed by atoms with Crippen LogP contribution in [-0.4, -0.2) is 34.4 Å². The summed E-state index contributed by atoms with van der Waals surface area (Å²) in [5.41, 5.74) is 7.84. The minimum Gasteiger partial charge on any atom is -0.409 e. The Bertz CT molecular complexity index is 498. The average Bonchev–Trinajstić information content (AvgIpc) is 2.44. The van der Waals surface area contributed by atoms with Gasteiger partial charge in [-0.15, -0.1) is 0 Å². The zero-order valence-electron chi connectivity index (χ0n) is 13.0. The second kappa shape index (κ2) is 8.29. The van der Waals surface area contributed by atoms with E-state index in [0.29, 0.717) is 19.4 Å². The van der Waals surface area contributed by atoms with E-state index in [2.05, 4.69) is 11.2 Å². The summed E-state index contributed by atoms with van der Waals surface area (Å²) in [7, 11) is 0. The van der Waals surface area contributed by atoms with Crippen LogP contribution in [0.3, 0.4) is 0 Å². The Balaban J connectivity index is 2.57. The van der Waals surface area contributed by atoms with Gasteiger partial charge in [0.1, 0.15) is 5.84 Å². The Labute approximate surface area is 126 Å². The van der Waals surface area contributed by atoms with E-state index in [9.17, 15) is 4.79 Å².